The van der Waals surface area contributed by atoms with Gasteiger partial charge in [-0.2, -0.15) is 0 Å². The lowest BCUT2D eigenvalue weighted by Gasteiger charge is -2.28. The fourth-order valence-electron chi connectivity index (χ4n) is 10.8. The van der Waals surface area contributed by atoms with Crippen LogP contribution < -0.4 is 4.90 Å². The fourth-order valence-corrected chi connectivity index (χ4v) is 10.8. The Balaban J connectivity index is 0.961. The predicted molar refractivity (Wildman–Crippen MR) is 254 cm³/mol. The minimum Gasteiger partial charge on any atom is -0.310 e. The third-order valence-corrected chi connectivity index (χ3v) is 14.3. The van der Waals surface area contributed by atoms with Crippen molar-refractivity contribution in [1.82, 2.24) is 0 Å². The van der Waals surface area contributed by atoms with E-state index in [1.165, 1.54) is 109 Å². The van der Waals surface area contributed by atoms with Crippen molar-refractivity contribution < 1.29 is 0 Å². The molecule has 0 bridgehead atoms. The zero-order valence-electron chi connectivity index (χ0n) is 35.2. The Bertz CT molecular complexity index is 2890. The maximum atomic E-state index is 2.45. The van der Waals surface area contributed by atoms with Crippen LogP contribution >= 0.6 is 0 Å². The smallest absolute Gasteiger partial charge is 0.0465 e. The minimum atomic E-state index is -0.155. The molecule has 1 nitrogen and oxygen atoms in total. The van der Waals surface area contributed by atoms with Crippen molar-refractivity contribution in [2.45, 2.75) is 70.1 Å². The second-order valence-electron chi connectivity index (χ2n) is 18.4. The van der Waals surface area contributed by atoms with Gasteiger partial charge < -0.3 is 4.90 Å². The zero-order valence-corrected chi connectivity index (χ0v) is 35.2. The molecule has 0 aromatic heterocycles. The van der Waals surface area contributed by atoms with Crippen molar-refractivity contribution in [2.24, 2.45) is 0 Å². The van der Waals surface area contributed by atoms with Gasteiger partial charge in [-0.15, -0.1) is 0 Å². The van der Waals surface area contributed by atoms with Crippen LogP contribution in [0.5, 0.6) is 0 Å². The molecule has 0 aliphatic heterocycles. The molecule has 8 aromatic rings. The molecule has 292 valence electrons. The van der Waals surface area contributed by atoms with E-state index in [-0.39, 0.29) is 10.8 Å². The molecular formula is C59H51N. The number of benzene rings is 8. The van der Waals surface area contributed by atoms with Gasteiger partial charge in [0.1, 0.15) is 0 Å². The van der Waals surface area contributed by atoms with E-state index in [0.29, 0.717) is 0 Å². The minimum absolute atomic E-state index is 0.0298. The van der Waals surface area contributed by atoms with Gasteiger partial charge in [0.2, 0.25) is 0 Å². The van der Waals surface area contributed by atoms with E-state index < -0.39 is 0 Å². The molecule has 11 rings (SSSR count). The second kappa shape index (κ2) is 14.1. The molecule has 0 N–H and O–H groups in total. The molecule has 1 fully saturated rings. The van der Waals surface area contributed by atoms with Crippen LogP contribution in [0.15, 0.2) is 182 Å². The summed E-state index contributed by atoms with van der Waals surface area (Å²) in [5.41, 5.74) is 23.2. The molecular weight excluding hydrogens is 723 g/mol. The van der Waals surface area contributed by atoms with Crippen molar-refractivity contribution in [3.05, 3.63) is 210 Å². The number of hydrogen-bond acceptors (Lipinski definition) is 1. The molecule has 0 saturated heterocycles. The highest BCUT2D eigenvalue weighted by Crippen LogP contribution is 2.53. The molecule has 60 heavy (non-hydrogen) atoms. The number of hydrogen-bond donors (Lipinski definition) is 0. The lowest BCUT2D eigenvalue weighted by Crippen LogP contribution is -2.16. The number of rotatable bonds is 7. The zero-order chi connectivity index (χ0) is 40.6. The summed E-state index contributed by atoms with van der Waals surface area (Å²) in [5, 5.41) is 0. The molecule has 3 aliphatic carbocycles. The monoisotopic (exact) mass is 773 g/mol. The van der Waals surface area contributed by atoms with Crippen LogP contribution in [0, 0.1) is 0 Å². The molecule has 0 atom stereocenters. The third kappa shape index (κ3) is 5.97. The fraction of sp³-hybridized carbons (Fsp3) is 0.186. The highest BCUT2D eigenvalue weighted by atomic mass is 15.1. The summed E-state index contributed by atoms with van der Waals surface area (Å²) < 4.78 is 0. The van der Waals surface area contributed by atoms with Crippen LogP contribution in [-0.2, 0) is 10.8 Å². The Morgan fingerprint density at radius 3 is 1.47 bits per heavy atom. The van der Waals surface area contributed by atoms with Gasteiger partial charge in [-0.3, -0.25) is 0 Å². The first-order chi connectivity index (χ1) is 29.2. The van der Waals surface area contributed by atoms with E-state index in [9.17, 15) is 0 Å². The molecule has 3 aliphatic rings. The summed E-state index contributed by atoms with van der Waals surface area (Å²) in [6.45, 7) is 9.51. The second-order valence-corrected chi connectivity index (χ2v) is 18.4. The maximum Gasteiger partial charge on any atom is 0.0465 e. The van der Waals surface area contributed by atoms with Crippen molar-refractivity contribution in [1.29, 1.82) is 0 Å². The van der Waals surface area contributed by atoms with Crippen molar-refractivity contribution in [2.75, 3.05) is 4.90 Å². The maximum absolute atomic E-state index is 2.45. The molecule has 1 saturated carbocycles. The molecule has 0 radical (unpaired) electrons. The molecule has 8 aromatic carbocycles. The van der Waals surface area contributed by atoms with Gasteiger partial charge >= 0.3 is 0 Å². The Labute approximate surface area is 356 Å². The topological polar surface area (TPSA) is 3.24 Å². The standard InChI is InChI=1S/C59H51N/c1-58(2)54-17-11-10-16-50(54)51-33-26-46(37-56(51)58)45-27-35-55-53(36-45)52-34-32-49(38-57(52)59(55,3)4)60(47-28-22-43(23-29-47)39-12-6-5-7-13-39)48-30-24-44(25-31-48)42-20-18-41(19-21-42)40-14-8-9-15-40/h5-7,10-13,16-38,40H,8-9,14-15H2,1-4H3. The third-order valence-electron chi connectivity index (χ3n) is 14.3. The van der Waals surface area contributed by atoms with E-state index in [1.807, 2.05) is 0 Å². The molecule has 0 spiro atoms. The van der Waals surface area contributed by atoms with Crippen LogP contribution in [0.1, 0.15) is 87.1 Å². The van der Waals surface area contributed by atoms with Crippen LogP contribution in [0.2, 0.25) is 0 Å². The molecule has 0 heterocycles. The van der Waals surface area contributed by atoms with Crippen molar-refractivity contribution in [3.8, 4) is 55.6 Å². The van der Waals surface area contributed by atoms with E-state index in [4.69, 9.17) is 0 Å². The van der Waals surface area contributed by atoms with Gasteiger partial charge in [0.15, 0.2) is 0 Å². The van der Waals surface area contributed by atoms with Gasteiger partial charge in [-0.1, -0.05) is 174 Å². The highest BCUT2D eigenvalue weighted by Gasteiger charge is 2.38. The predicted octanol–water partition coefficient (Wildman–Crippen LogP) is 16.4. The Kier molecular flexibility index (Phi) is 8.60. The van der Waals surface area contributed by atoms with Crippen LogP contribution in [-0.4, -0.2) is 0 Å². The van der Waals surface area contributed by atoms with Gasteiger partial charge in [0, 0.05) is 27.9 Å². The first-order valence-electron chi connectivity index (χ1n) is 21.9. The first-order valence-corrected chi connectivity index (χ1v) is 21.9. The first kappa shape index (κ1) is 36.6. The summed E-state index contributed by atoms with van der Waals surface area (Å²) >= 11 is 0. The van der Waals surface area contributed by atoms with E-state index in [0.717, 1.165) is 23.0 Å². The van der Waals surface area contributed by atoms with E-state index >= 15 is 0 Å². The summed E-state index contributed by atoms with van der Waals surface area (Å²) in [6, 6.07) is 68.6. The Hall–Kier alpha value is -6.44. The summed E-state index contributed by atoms with van der Waals surface area (Å²) in [7, 11) is 0. The average Bonchev–Trinajstić information content (AvgIpc) is 3.98. The highest BCUT2D eigenvalue weighted by molar-refractivity contribution is 5.89. The summed E-state index contributed by atoms with van der Waals surface area (Å²) in [6.07, 6.45) is 5.37. The number of nitrogens with zero attached hydrogens (tertiary/aromatic N) is 1. The van der Waals surface area contributed by atoms with Crippen LogP contribution in [0.3, 0.4) is 0 Å². The number of anilines is 3. The Morgan fingerprint density at radius 1 is 0.350 bits per heavy atom. The van der Waals surface area contributed by atoms with Crippen LogP contribution in [0.4, 0.5) is 17.1 Å². The largest absolute Gasteiger partial charge is 0.310 e. The van der Waals surface area contributed by atoms with Crippen molar-refractivity contribution >= 4 is 17.1 Å². The Morgan fingerprint density at radius 2 is 0.800 bits per heavy atom. The summed E-state index contributed by atoms with van der Waals surface area (Å²) in [5.74, 6) is 0.728. The van der Waals surface area contributed by atoms with Gasteiger partial charge in [-0.05, 0) is 151 Å². The van der Waals surface area contributed by atoms with Gasteiger partial charge in [0.25, 0.3) is 0 Å². The van der Waals surface area contributed by atoms with E-state index in [1.54, 1.807) is 0 Å². The van der Waals surface area contributed by atoms with Crippen LogP contribution in [0.25, 0.3) is 55.6 Å². The quantitative estimate of drug-likeness (QED) is 0.156. The van der Waals surface area contributed by atoms with E-state index in [2.05, 4.69) is 215 Å². The number of fused-ring (bicyclic) bond motifs is 6. The SMILES string of the molecule is CC1(C)c2ccccc2-c2ccc(-c3ccc4c(c3)-c3ccc(N(c5ccc(-c6ccccc6)cc5)c5ccc(-c6ccc(C7CCCC7)cc6)cc5)cc3C4(C)C)cc21. The molecule has 0 unspecified atom stereocenters. The van der Waals surface area contributed by atoms with Gasteiger partial charge in [0.05, 0.1) is 0 Å². The average molecular weight is 774 g/mol. The molecule has 0 amide bonds. The lowest BCUT2D eigenvalue weighted by atomic mass is 9.81. The van der Waals surface area contributed by atoms with Gasteiger partial charge in [-0.25, -0.2) is 0 Å². The van der Waals surface area contributed by atoms with Crippen molar-refractivity contribution in [3.63, 3.8) is 0 Å². The molecule has 1 heteroatoms. The lowest BCUT2D eigenvalue weighted by molar-refractivity contribution is 0.660. The normalized spacial score (nSPS) is 15.6. The summed E-state index contributed by atoms with van der Waals surface area (Å²) in [4.78, 5) is 2.43.